The van der Waals surface area contributed by atoms with E-state index in [1.54, 1.807) is 0 Å². The maximum Gasteiger partial charge on any atom is 0.307 e. The minimum absolute atomic E-state index is 0.00983. The van der Waals surface area contributed by atoms with Crippen LogP contribution in [0.3, 0.4) is 0 Å². The Bertz CT molecular complexity index is 636. The predicted molar refractivity (Wildman–Crippen MR) is 81.1 cm³/mol. The molecule has 1 aromatic heterocycles. The van der Waals surface area contributed by atoms with E-state index in [1.165, 1.54) is 0 Å². The van der Waals surface area contributed by atoms with E-state index < -0.39 is 5.97 Å². The van der Waals surface area contributed by atoms with Crippen LogP contribution in [-0.2, 0) is 11.2 Å². The third-order valence-electron chi connectivity index (χ3n) is 3.22. The van der Waals surface area contributed by atoms with Crippen LogP contribution in [-0.4, -0.2) is 22.6 Å². The van der Waals surface area contributed by atoms with Crippen molar-refractivity contribution >= 4 is 22.6 Å². The topological polar surface area (TPSA) is 62.2 Å². The minimum atomic E-state index is -0.835. The lowest BCUT2D eigenvalue weighted by Gasteiger charge is -2.17. The quantitative estimate of drug-likeness (QED) is 0.877. The van der Waals surface area contributed by atoms with Gasteiger partial charge >= 0.3 is 5.97 Å². The van der Waals surface area contributed by atoms with Crippen LogP contribution < -0.4 is 5.32 Å². The molecular formula is C16H20N2O2. The van der Waals surface area contributed by atoms with Crippen LogP contribution in [0.2, 0.25) is 0 Å². The highest BCUT2D eigenvalue weighted by atomic mass is 16.4. The standard InChI is InChI=1S/C16H20N2O2/c1-10(2)9-17-16-12-6-4-5-7-14(12)18-11(3)13(16)8-15(19)20/h4-7,10H,8-9H2,1-3H3,(H,17,18)(H,19,20). The number of para-hydroxylation sites is 1. The summed E-state index contributed by atoms with van der Waals surface area (Å²) in [5.74, 6) is -0.349. The van der Waals surface area contributed by atoms with Crippen molar-refractivity contribution < 1.29 is 9.90 Å². The molecule has 0 radical (unpaired) electrons. The van der Waals surface area contributed by atoms with E-state index in [2.05, 4.69) is 24.1 Å². The Labute approximate surface area is 118 Å². The summed E-state index contributed by atoms with van der Waals surface area (Å²) < 4.78 is 0. The van der Waals surface area contributed by atoms with Gasteiger partial charge in [0.15, 0.2) is 0 Å². The highest BCUT2D eigenvalue weighted by molar-refractivity contribution is 5.94. The first kappa shape index (κ1) is 14.3. The van der Waals surface area contributed by atoms with Crippen LogP contribution in [0.4, 0.5) is 5.69 Å². The first-order chi connectivity index (χ1) is 9.49. The van der Waals surface area contributed by atoms with E-state index in [9.17, 15) is 4.79 Å². The largest absolute Gasteiger partial charge is 0.481 e. The molecule has 0 saturated carbocycles. The van der Waals surface area contributed by atoms with Crippen molar-refractivity contribution in [1.82, 2.24) is 4.98 Å². The zero-order valence-electron chi connectivity index (χ0n) is 12.1. The molecule has 1 heterocycles. The molecule has 0 aliphatic rings. The number of hydrogen-bond donors (Lipinski definition) is 2. The zero-order valence-corrected chi connectivity index (χ0v) is 12.1. The molecule has 1 aromatic carbocycles. The molecule has 4 nitrogen and oxygen atoms in total. The van der Waals surface area contributed by atoms with E-state index in [4.69, 9.17) is 5.11 Å². The number of aryl methyl sites for hydroxylation is 1. The van der Waals surface area contributed by atoms with Crippen molar-refractivity contribution in [3.05, 3.63) is 35.5 Å². The van der Waals surface area contributed by atoms with E-state index in [0.717, 1.165) is 34.4 Å². The molecule has 4 heteroatoms. The molecule has 2 rings (SSSR count). The highest BCUT2D eigenvalue weighted by Gasteiger charge is 2.15. The molecule has 20 heavy (non-hydrogen) atoms. The van der Waals surface area contributed by atoms with Gasteiger partial charge in [0.2, 0.25) is 0 Å². The lowest BCUT2D eigenvalue weighted by atomic mass is 10.0. The summed E-state index contributed by atoms with van der Waals surface area (Å²) in [6, 6.07) is 7.82. The monoisotopic (exact) mass is 272 g/mol. The van der Waals surface area contributed by atoms with Crippen molar-refractivity contribution in [2.75, 3.05) is 11.9 Å². The number of anilines is 1. The molecule has 0 atom stereocenters. The molecule has 0 aliphatic heterocycles. The van der Waals surface area contributed by atoms with Crippen molar-refractivity contribution in [2.45, 2.75) is 27.2 Å². The van der Waals surface area contributed by atoms with Gasteiger partial charge in [-0.1, -0.05) is 32.0 Å². The average Bonchev–Trinajstić information content (AvgIpc) is 2.37. The van der Waals surface area contributed by atoms with Gasteiger partial charge in [-0.05, 0) is 18.9 Å². The molecule has 0 spiro atoms. The molecule has 2 aromatic rings. The molecule has 0 unspecified atom stereocenters. The zero-order chi connectivity index (χ0) is 14.7. The van der Waals surface area contributed by atoms with E-state index in [1.807, 2.05) is 31.2 Å². The Balaban J connectivity index is 2.58. The number of aliphatic carboxylic acids is 1. The van der Waals surface area contributed by atoms with Gasteiger partial charge in [0.05, 0.1) is 11.9 Å². The molecule has 0 bridgehead atoms. The van der Waals surface area contributed by atoms with Gasteiger partial charge in [-0.3, -0.25) is 9.78 Å². The molecule has 2 N–H and O–H groups in total. The van der Waals surface area contributed by atoms with E-state index >= 15 is 0 Å². The summed E-state index contributed by atoms with van der Waals surface area (Å²) in [5.41, 5.74) is 3.35. The second-order valence-corrected chi connectivity index (χ2v) is 5.41. The molecule has 0 amide bonds. The van der Waals surface area contributed by atoms with Crippen LogP contribution in [0.5, 0.6) is 0 Å². The number of carboxylic acids is 1. The molecular weight excluding hydrogens is 252 g/mol. The summed E-state index contributed by atoms with van der Waals surface area (Å²) in [6.07, 6.45) is -0.00983. The van der Waals surface area contributed by atoms with Crippen LogP contribution in [0.1, 0.15) is 25.1 Å². The lowest BCUT2D eigenvalue weighted by molar-refractivity contribution is -0.136. The lowest BCUT2D eigenvalue weighted by Crippen LogP contribution is -2.13. The Morgan fingerprint density at radius 2 is 2.05 bits per heavy atom. The van der Waals surface area contributed by atoms with Crippen molar-refractivity contribution in [3.63, 3.8) is 0 Å². The number of benzene rings is 1. The Kier molecular flexibility index (Phi) is 4.23. The van der Waals surface area contributed by atoms with Crippen molar-refractivity contribution in [3.8, 4) is 0 Å². The summed E-state index contributed by atoms with van der Waals surface area (Å²) in [4.78, 5) is 15.6. The first-order valence-corrected chi connectivity index (χ1v) is 6.83. The van der Waals surface area contributed by atoms with Gasteiger partial charge in [0, 0.05) is 28.9 Å². The van der Waals surface area contributed by atoms with Gasteiger partial charge in [0.25, 0.3) is 0 Å². The summed E-state index contributed by atoms with van der Waals surface area (Å²) in [6.45, 7) is 6.92. The number of carboxylic acid groups (broad SMARTS) is 1. The van der Waals surface area contributed by atoms with Crippen molar-refractivity contribution in [1.29, 1.82) is 0 Å². The third-order valence-corrected chi connectivity index (χ3v) is 3.22. The SMILES string of the molecule is Cc1nc2ccccc2c(NCC(C)C)c1CC(=O)O. The molecule has 106 valence electrons. The van der Waals surface area contributed by atoms with Gasteiger partial charge in [-0.25, -0.2) is 0 Å². The van der Waals surface area contributed by atoms with Crippen LogP contribution in [0.15, 0.2) is 24.3 Å². The first-order valence-electron chi connectivity index (χ1n) is 6.83. The summed E-state index contributed by atoms with van der Waals surface area (Å²) in [7, 11) is 0. The number of fused-ring (bicyclic) bond motifs is 1. The number of hydrogen-bond acceptors (Lipinski definition) is 3. The van der Waals surface area contributed by atoms with Gasteiger partial charge in [-0.2, -0.15) is 0 Å². The number of nitrogens with zero attached hydrogens (tertiary/aromatic N) is 1. The number of aromatic nitrogens is 1. The Morgan fingerprint density at radius 1 is 1.35 bits per heavy atom. The van der Waals surface area contributed by atoms with Crippen molar-refractivity contribution in [2.24, 2.45) is 5.92 Å². The summed E-state index contributed by atoms with van der Waals surface area (Å²) in [5, 5.41) is 13.5. The van der Waals surface area contributed by atoms with E-state index in [-0.39, 0.29) is 6.42 Å². The predicted octanol–water partition coefficient (Wildman–Crippen LogP) is 3.24. The van der Waals surface area contributed by atoms with Crippen LogP contribution >= 0.6 is 0 Å². The third kappa shape index (κ3) is 3.07. The fourth-order valence-corrected chi connectivity index (χ4v) is 2.25. The van der Waals surface area contributed by atoms with Gasteiger partial charge < -0.3 is 10.4 Å². The smallest absolute Gasteiger partial charge is 0.307 e. The maximum atomic E-state index is 11.1. The normalized spacial score (nSPS) is 11.0. The second kappa shape index (κ2) is 5.90. The highest BCUT2D eigenvalue weighted by Crippen LogP contribution is 2.29. The summed E-state index contributed by atoms with van der Waals surface area (Å²) >= 11 is 0. The van der Waals surface area contributed by atoms with Gasteiger partial charge in [-0.15, -0.1) is 0 Å². The van der Waals surface area contributed by atoms with E-state index in [0.29, 0.717) is 5.92 Å². The minimum Gasteiger partial charge on any atom is -0.481 e. The molecule has 0 aliphatic carbocycles. The van der Waals surface area contributed by atoms with Crippen LogP contribution in [0, 0.1) is 12.8 Å². The average molecular weight is 272 g/mol. The fourth-order valence-electron chi connectivity index (χ4n) is 2.25. The van der Waals surface area contributed by atoms with Gasteiger partial charge in [0.1, 0.15) is 0 Å². The number of carbonyl (C=O) groups is 1. The molecule has 0 saturated heterocycles. The number of pyridine rings is 1. The second-order valence-electron chi connectivity index (χ2n) is 5.41. The Morgan fingerprint density at radius 3 is 2.70 bits per heavy atom. The number of nitrogens with one attached hydrogen (secondary N) is 1. The molecule has 0 fully saturated rings. The Hall–Kier alpha value is -2.10. The number of rotatable bonds is 5. The maximum absolute atomic E-state index is 11.1. The van der Waals surface area contributed by atoms with Crippen LogP contribution in [0.25, 0.3) is 10.9 Å². The fraction of sp³-hybridized carbons (Fsp3) is 0.375.